The van der Waals surface area contributed by atoms with Crippen LogP contribution in [-0.2, 0) is 9.22 Å². The molecule has 0 aromatic heterocycles. The van der Waals surface area contributed by atoms with Crippen molar-refractivity contribution in [1.82, 2.24) is 5.32 Å². The van der Waals surface area contributed by atoms with E-state index in [1.165, 1.54) is 0 Å². The number of aliphatic carboxylic acids is 1. The van der Waals surface area contributed by atoms with Gasteiger partial charge in [-0.25, -0.2) is 0 Å². The second-order valence-electron chi connectivity index (χ2n) is 9.71. The zero-order chi connectivity index (χ0) is 17.6. The Labute approximate surface area is 137 Å². The number of hydrogen-bond acceptors (Lipinski definition) is 3. The highest BCUT2D eigenvalue weighted by atomic mass is 28.4. The SMILES string of the molecule is CC(C)(C)[Si](O[C@H]1CN[C@H](C(=O)O)C1)(C(C)(C)C)C(C)(C)C. The van der Waals surface area contributed by atoms with Crippen molar-refractivity contribution in [3.05, 3.63) is 0 Å². The summed E-state index contributed by atoms with van der Waals surface area (Å²) in [6, 6.07) is -0.475. The molecule has 0 amide bonds. The topological polar surface area (TPSA) is 58.6 Å². The van der Waals surface area contributed by atoms with E-state index in [-0.39, 0.29) is 21.2 Å². The highest BCUT2D eigenvalue weighted by Gasteiger charge is 2.63. The summed E-state index contributed by atoms with van der Waals surface area (Å²) in [5.41, 5.74) is 0. The maximum absolute atomic E-state index is 11.2. The smallest absolute Gasteiger partial charge is 0.320 e. The van der Waals surface area contributed by atoms with Gasteiger partial charge in [-0.1, -0.05) is 62.3 Å². The average Bonchev–Trinajstić information content (AvgIpc) is 2.68. The first-order valence-electron chi connectivity index (χ1n) is 8.27. The molecule has 1 heterocycles. The van der Waals surface area contributed by atoms with Gasteiger partial charge in [-0.3, -0.25) is 4.79 Å². The largest absolute Gasteiger partial charge is 0.480 e. The molecule has 2 atom stereocenters. The average molecular weight is 330 g/mol. The summed E-state index contributed by atoms with van der Waals surface area (Å²) in [5.74, 6) is -0.777. The fourth-order valence-corrected chi connectivity index (χ4v) is 13.6. The molecule has 0 saturated carbocycles. The van der Waals surface area contributed by atoms with Crippen LogP contribution in [0, 0.1) is 0 Å². The highest BCUT2D eigenvalue weighted by Crippen LogP contribution is 2.62. The molecular formula is C17H35NO3Si. The van der Waals surface area contributed by atoms with Gasteiger partial charge in [0.05, 0.1) is 6.10 Å². The van der Waals surface area contributed by atoms with Gasteiger partial charge in [-0.15, -0.1) is 0 Å². The van der Waals surface area contributed by atoms with Crippen LogP contribution in [0.25, 0.3) is 0 Å². The van der Waals surface area contributed by atoms with Gasteiger partial charge in [-0.2, -0.15) is 0 Å². The molecule has 5 heteroatoms. The van der Waals surface area contributed by atoms with E-state index < -0.39 is 20.3 Å². The lowest BCUT2D eigenvalue weighted by atomic mass is 10.2. The first-order valence-corrected chi connectivity index (χ1v) is 10.2. The molecular weight excluding hydrogens is 294 g/mol. The van der Waals surface area contributed by atoms with E-state index in [9.17, 15) is 9.90 Å². The van der Waals surface area contributed by atoms with Crippen molar-refractivity contribution in [1.29, 1.82) is 0 Å². The van der Waals surface area contributed by atoms with E-state index in [0.29, 0.717) is 13.0 Å². The monoisotopic (exact) mass is 329 g/mol. The molecule has 2 N–H and O–H groups in total. The Morgan fingerprint density at radius 2 is 1.41 bits per heavy atom. The molecule has 0 unspecified atom stereocenters. The van der Waals surface area contributed by atoms with Gasteiger partial charge in [0.1, 0.15) is 6.04 Å². The second kappa shape index (κ2) is 5.91. The standard InChI is InChI=1S/C17H35NO3Si/c1-15(2,3)22(16(4,5)6,17(7,8)9)21-12-10-13(14(19)20)18-11-12/h12-13,18H,10-11H2,1-9H3,(H,19,20)/t12-,13+/m1/s1. The number of carboxylic acid groups (broad SMARTS) is 1. The molecule has 0 radical (unpaired) electrons. The predicted octanol–water partition coefficient (Wildman–Crippen LogP) is 4.16. The summed E-state index contributed by atoms with van der Waals surface area (Å²) in [6.45, 7) is 21.2. The minimum absolute atomic E-state index is 0.00885. The number of hydrogen-bond donors (Lipinski definition) is 2. The Kier molecular flexibility index (Phi) is 5.28. The van der Waals surface area contributed by atoms with Crippen molar-refractivity contribution in [3.63, 3.8) is 0 Å². The van der Waals surface area contributed by atoms with Crippen LogP contribution in [0.1, 0.15) is 68.7 Å². The molecule has 1 saturated heterocycles. The van der Waals surface area contributed by atoms with Crippen LogP contribution in [0.2, 0.25) is 15.1 Å². The highest BCUT2D eigenvalue weighted by molar-refractivity contribution is 6.82. The Morgan fingerprint density at radius 1 is 1.00 bits per heavy atom. The number of nitrogens with one attached hydrogen (secondary N) is 1. The molecule has 0 aliphatic carbocycles. The lowest BCUT2D eigenvalue weighted by Gasteiger charge is -2.58. The van der Waals surface area contributed by atoms with Gasteiger partial charge >= 0.3 is 5.97 Å². The van der Waals surface area contributed by atoms with Crippen LogP contribution in [0.4, 0.5) is 0 Å². The van der Waals surface area contributed by atoms with Crippen LogP contribution in [0.5, 0.6) is 0 Å². The van der Waals surface area contributed by atoms with Gasteiger partial charge in [-0.05, 0) is 21.5 Å². The fourth-order valence-electron chi connectivity index (χ4n) is 5.14. The summed E-state index contributed by atoms with van der Waals surface area (Å²) in [6.07, 6.45) is 0.553. The Hall–Kier alpha value is -0.393. The van der Waals surface area contributed by atoms with Crippen molar-refractivity contribution in [2.45, 2.75) is 96.0 Å². The van der Waals surface area contributed by atoms with Crippen molar-refractivity contribution < 1.29 is 14.3 Å². The van der Waals surface area contributed by atoms with E-state index in [4.69, 9.17) is 4.43 Å². The van der Waals surface area contributed by atoms with Crippen molar-refractivity contribution in [2.24, 2.45) is 0 Å². The van der Waals surface area contributed by atoms with Crippen LogP contribution in [-0.4, -0.2) is 38.1 Å². The molecule has 4 nitrogen and oxygen atoms in total. The van der Waals surface area contributed by atoms with E-state index in [1.807, 2.05) is 0 Å². The van der Waals surface area contributed by atoms with Crippen molar-refractivity contribution in [2.75, 3.05) is 6.54 Å². The molecule has 0 spiro atoms. The molecule has 0 bridgehead atoms. The van der Waals surface area contributed by atoms with Crippen LogP contribution >= 0.6 is 0 Å². The molecule has 1 fully saturated rings. The van der Waals surface area contributed by atoms with E-state index in [2.05, 4.69) is 67.6 Å². The van der Waals surface area contributed by atoms with Crippen LogP contribution in [0.3, 0.4) is 0 Å². The zero-order valence-electron chi connectivity index (χ0n) is 15.8. The van der Waals surface area contributed by atoms with Gasteiger partial charge in [0.2, 0.25) is 8.32 Å². The number of carboxylic acids is 1. The summed E-state index contributed by atoms with van der Waals surface area (Å²) >= 11 is 0. The summed E-state index contributed by atoms with van der Waals surface area (Å²) < 4.78 is 6.89. The van der Waals surface area contributed by atoms with E-state index in [0.717, 1.165) is 0 Å². The lowest BCUT2D eigenvalue weighted by molar-refractivity contribution is -0.139. The first kappa shape index (κ1) is 19.7. The summed E-state index contributed by atoms with van der Waals surface area (Å²) in [7, 11) is -2.26. The van der Waals surface area contributed by atoms with Gasteiger partial charge < -0.3 is 14.8 Å². The number of carbonyl (C=O) groups is 1. The fraction of sp³-hybridized carbons (Fsp3) is 0.941. The number of rotatable bonds is 3. The van der Waals surface area contributed by atoms with E-state index in [1.54, 1.807) is 0 Å². The Morgan fingerprint density at radius 3 is 1.68 bits per heavy atom. The molecule has 1 rings (SSSR count). The third kappa shape index (κ3) is 3.41. The minimum atomic E-state index is -2.26. The summed E-state index contributed by atoms with van der Waals surface area (Å²) in [5, 5.41) is 12.5. The van der Waals surface area contributed by atoms with Crippen LogP contribution in [0.15, 0.2) is 0 Å². The zero-order valence-corrected chi connectivity index (χ0v) is 16.8. The lowest BCUT2D eigenvalue weighted by Crippen LogP contribution is -2.62. The Bertz CT molecular complexity index is 379. The van der Waals surface area contributed by atoms with Gasteiger partial charge in [0.15, 0.2) is 0 Å². The maximum atomic E-state index is 11.2. The quantitative estimate of drug-likeness (QED) is 0.763. The summed E-state index contributed by atoms with van der Waals surface area (Å²) in [4.78, 5) is 11.2. The molecule has 1 aliphatic rings. The van der Waals surface area contributed by atoms with Crippen molar-refractivity contribution >= 4 is 14.3 Å². The van der Waals surface area contributed by atoms with E-state index >= 15 is 0 Å². The third-order valence-electron chi connectivity index (χ3n) is 4.90. The predicted molar refractivity (Wildman–Crippen MR) is 93.8 cm³/mol. The maximum Gasteiger partial charge on any atom is 0.320 e. The second-order valence-corrected chi connectivity index (χ2v) is 15.8. The normalized spacial score (nSPS) is 24.6. The minimum Gasteiger partial charge on any atom is -0.480 e. The van der Waals surface area contributed by atoms with Gasteiger partial charge in [0.25, 0.3) is 0 Å². The van der Waals surface area contributed by atoms with Crippen molar-refractivity contribution in [3.8, 4) is 0 Å². The Balaban J connectivity index is 3.21. The molecule has 0 aromatic rings. The molecule has 0 aromatic carbocycles. The van der Waals surface area contributed by atoms with Crippen LogP contribution < -0.4 is 5.32 Å². The third-order valence-corrected chi connectivity index (χ3v) is 11.9. The molecule has 130 valence electrons. The molecule has 1 aliphatic heterocycles. The molecule has 22 heavy (non-hydrogen) atoms. The first-order chi connectivity index (χ1) is 9.63. The van der Waals surface area contributed by atoms with Gasteiger partial charge in [0, 0.05) is 6.54 Å².